The zero-order valence-electron chi connectivity index (χ0n) is 15.6. The molecule has 6 heteroatoms. The van der Waals surface area contributed by atoms with Gasteiger partial charge in [-0.25, -0.2) is 4.79 Å². The lowest BCUT2D eigenvalue weighted by Crippen LogP contribution is -2.43. The molecule has 6 atom stereocenters. The quantitative estimate of drug-likeness (QED) is 0.483. The second kappa shape index (κ2) is 9.37. The first-order valence-electron chi connectivity index (χ1n) is 10.3. The van der Waals surface area contributed by atoms with Crippen molar-refractivity contribution in [1.29, 1.82) is 0 Å². The standard InChI is InChI=1S/C19H35NO4Si/c1-2-24-25-7-3-6-20-19(22)23-12-13-8-17-14-4-5-16(18(17)9-13)15(10-14)11-21/h13-18,21H,2-12,25H2,1H3,(H,20,22). The Morgan fingerprint density at radius 1 is 1.20 bits per heavy atom. The Hall–Kier alpha value is -0.593. The number of aliphatic hydroxyl groups is 1. The van der Waals surface area contributed by atoms with Crippen LogP contribution in [-0.4, -0.2) is 47.3 Å². The van der Waals surface area contributed by atoms with E-state index in [2.05, 4.69) is 5.32 Å². The van der Waals surface area contributed by atoms with Crippen molar-refractivity contribution in [3.63, 3.8) is 0 Å². The Kier molecular flexibility index (Phi) is 7.19. The molecule has 4 aliphatic carbocycles. The molecule has 5 nitrogen and oxygen atoms in total. The first-order chi connectivity index (χ1) is 12.2. The highest BCUT2D eigenvalue weighted by Crippen LogP contribution is 2.58. The molecule has 0 spiro atoms. The molecule has 4 rings (SSSR count). The summed E-state index contributed by atoms with van der Waals surface area (Å²) in [6, 6.07) is 1.11. The summed E-state index contributed by atoms with van der Waals surface area (Å²) in [7, 11) is -0.389. The predicted molar refractivity (Wildman–Crippen MR) is 100 cm³/mol. The van der Waals surface area contributed by atoms with Crippen LogP contribution in [0.4, 0.5) is 4.79 Å². The molecule has 0 aromatic heterocycles. The molecule has 6 unspecified atom stereocenters. The Morgan fingerprint density at radius 2 is 2.04 bits per heavy atom. The van der Waals surface area contributed by atoms with E-state index in [9.17, 15) is 9.90 Å². The number of alkyl carbamates (subject to hydrolysis) is 1. The zero-order chi connectivity index (χ0) is 17.6. The summed E-state index contributed by atoms with van der Waals surface area (Å²) >= 11 is 0. The third-order valence-corrected chi connectivity index (χ3v) is 8.36. The smallest absolute Gasteiger partial charge is 0.407 e. The van der Waals surface area contributed by atoms with Crippen molar-refractivity contribution >= 4 is 15.9 Å². The molecule has 2 bridgehead atoms. The molecule has 4 fully saturated rings. The van der Waals surface area contributed by atoms with E-state index in [1.807, 2.05) is 6.92 Å². The fourth-order valence-corrected chi connectivity index (χ4v) is 6.73. The third kappa shape index (κ3) is 4.77. The third-order valence-electron chi connectivity index (χ3n) is 6.87. The topological polar surface area (TPSA) is 67.8 Å². The average molecular weight is 370 g/mol. The summed E-state index contributed by atoms with van der Waals surface area (Å²) in [6.07, 6.45) is 7.01. The maximum atomic E-state index is 11.9. The number of carbonyl (C=O) groups excluding carboxylic acids is 1. The molecule has 0 radical (unpaired) electrons. The second-order valence-corrected chi connectivity index (χ2v) is 9.80. The summed E-state index contributed by atoms with van der Waals surface area (Å²) < 4.78 is 10.9. The first-order valence-corrected chi connectivity index (χ1v) is 11.9. The van der Waals surface area contributed by atoms with Gasteiger partial charge in [-0.15, -0.1) is 0 Å². The van der Waals surface area contributed by atoms with Gasteiger partial charge < -0.3 is 19.6 Å². The highest BCUT2D eigenvalue weighted by Gasteiger charge is 2.52. The summed E-state index contributed by atoms with van der Waals surface area (Å²) in [5, 5.41) is 12.5. The van der Waals surface area contributed by atoms with Crippen LogP contribution in [0.25, 0.3) is 0 Å². The largest absolute Gasteiger partial charge is 0.449 e. The van der Waals surface area contributed by atoms with Gasteiger partial charge >= 0.3 is 6.09 Å². The Morgan fingerprint density at radius 3 is 2.84 bits per heavy atom. The van der Waals surface area contributed by atoms with Gasteiger partial charge in [0.05, 0.1) is 6.61 Å². The maximum Gasteiger partial charge on any atom is 0.407 e. The number of amides is 1. The number of carbonyl (C=O) groups is 1. The van der Waals surface area contributed by atoms with Gasteiger partial charge in [-0.05, 0) is 87.0 Å². The Bertz CT molecular complexity index is 436. The van der Waals surface area contributed by atoms with E-state index in [4.69, 9.17) is 9.16 Å². The molecule has 25 heavy (non-hydrogen) atoms. The van der Waals surface area contributed by atoms with Gasteiger partial charge in [-0.1, -0.05) is 0 Å². The molecule has 0 aromatic rings. The van der Waals surface area contributed by atoms with E-state index in [1.54, 1.807) is 0 Å². The first kappa shape index (κ1) is 19.2. The van der Waals surface area contributed by atoms with Gasteiger partial charge in [-0.3, -0.25) is 0 Å². The van der Waals surface area contributed by atoms with Crippen molar-refractivity contribution in [1.82, 2.24) is 5.32 Å². The highest BCUT2D eigenvalue weighted by molar-refractivity contribution is 6.26. The lowest BCUT2D eigenvalue weighted by atomic mass is 9.56. The molecule has 4 saturated carbocycles. The van der Waals surface area contributed by atoms with Crippen LogP contribution in [-0.2, 0) is 9.16 Å². The minimum Gasteiger partial charge on any atom is -0.449 e. The van der Waals surface area contributed by atoms with Crippen molar-refractivity contribution in [2.75, 3.05) is 26.4 Å². The van der Waals surface area contributed by atoms with Crippen molar-refractivity contribution in [3.8, 4) is 0 Å². The van der Waals surface area contributed by atoms with Crippen LogP contribution in [0.2, 0.25) is 6.04 Å². The van der Waals surface area contributed by atoms with Gasteiger partial charge in [0.2, 0.25) is 0 Å². The molecule has 0 aromatic carbocycles. The number of hydrogen-bond acceptors (Lipinski definition) is 4. The highest BCUT2D eigenvalue weighted by atomic mass is 28.2. The molecule has 4 aliphatic rings. The summed E-state index contributed by atoms with van der Waals surface area (Å²) in [6.45, 7) is 4.45. The number of hydrogen-bond donors (Lipinski definition) is 2. The van der Waals surface area contributed by atoms with E-state index in [-0.39, 0.29) is 15.9 Å². The fraction of sp³-hybridized carbons (Fsp3) is 0.947. The van der Waals surface area contributed by atoms with Crippen LogP contribution in [0.5, 0.6) is 0 Å². The van der Waals surface area contributed by atoms with Crippen molar-refractivity contribution in [3.05, 3.63) is 0 Å². The van der Waals surface area contributed by atoms with Gasteiger partial charge in [0.25, 0.3) is 0 Å². The van der Waals surface area contributed by atoms with Crippen LogP contribution in [0.15, 0.2) is 0 Å². The van der Waals surface area contributed by atoms with Gasteiger partial charge in [0.15, 0.2) is 9.76 Å². The van der Waals surface area contributed by atoms with Crippen molar-refractivity contribution < 1.29 is 19.1 Å². The van der Waals surface area contributed by atoms with Crippen molar-refractivity contribution in [2.24, 2.45) is 35.5 Å². The van der Waals surface area contributed by atoms with Gasteiger partial charge in [0.1, 0.15) is 0 Å². The van der Waals surface area contributed by atoms with E-state index in [0.29, 0.717) is 37.5 Å². The van der Waals surface area contributed by atoms with Crippen LogP contribution in [0, 0.1) is 35.5 Å². The number of rotatable bonds is 9. The second-order valence-electron chi connectivity index (χ2n) is 8.27. The van der Waals surface area contributed by atoms with Crippen molar-refractivity contribution in [2.45, 2.75) is 51.5 Å². The van der Waals surface area contributed by atoms with Crippen LogP contribution < -0.4 is 5.32 Å². The van der Waals surface area contributed by atoms with E-state index in [1.165, 1.54) is 32.1 Å². The summed E-state index contributed by atoms with van der Waals surface area (Å²) in [4.78, 5) is 11.9. The number of fused-ring (bicyclic) bond motifs is 2. The molecule has 144 valence electrons. The monoisotopic (exact) mass is 369 g/mol. The molecule has 1 amide bonds. The Balaban J connectivity index is 1.33. The summed E-state index contributed by atoms with van der Waals surface area (Å²) in [5.41, 5.74) is 0. The maximum absolute atomic E-state index is 11.9. The minimum atomic E-state index is -0.389. The van der Waals surface area contributed by atoms with Gasteiger partial charge in [-0.2, -0.15) is 0 Å². The minimum absolute atomic E-state index is 0.260. The van der Waals surface area contributed by atoms with Crippen LogP contribution in [0.1, 0.15) is 45.4 Å². The van der Waals surface area contributed by atoms with Gasteiger partial charge in [0, 0.05) is 19.8 Å². The molecule has 0 heterocycles. The lowest BCUT2D eigenvalue weighted by Gasteiger charge is -2.50. The normalized spacial score (nSPS) is 36.7. The number of ether oxygens (including phenoxy) is 1. The zero-order valence-corrected chi connectivity index (χ0v) is 17.0. The fourth-order valence-electron chi connectivity index (χ4n) is 5.78. The average Bonchev–Trinajstić information content (AvgIpc) is 3.09. The van der Waals surface area contributed by atoms with E-state index in [0.717, 1.165) is 36.8 Å². The molecular formula is C19H35NO4Si. The van der Waals surface area contributed by atoms with E-state index >= 15 is 0 Å². The molecule has 0 saturated heterocycles. The molecular weight excluding hydrogens is 334 g/mol. The Labute approximate surface area is 154 Å². The SMILES string of the molecule is CCO[SiH2]CCCNC(=O)OCC1CC2C3CCC(C(CO)C3)C2C1. The van der Waals surface area contributed by atoms with E-state index < -0.39 is 0 Å². The number of aliphatic hydroxyl groups excluding tert-OH is 1. The van der Waals surface area contributed by atoms with Crippen LogP contribution in [0.3, 0.4) is 0 Å². The number of nitrogens with one attached hydrogen (secondary N) is 1. The van der Waals surface area contributed by atoms with Crippen LogP contribution >= 0.6 is 0 Å². The lowest BCUT2D eigenvalue weighted by molar-refractivity contribution is -0.0288. The summed E-state index contributed by atoms with van der Waals surface area (Å²) in [5.74, 6) is 4.16. The molecule has 0 aliphatic heterocycles. The predicted octanol–water partition coefficient (Wildman–Crippen LogP) is 2.32. The molecule has 2 N–H and O–H groups in total.